The molecule has 1 fully saturated rings. The van der Waals surface area contributed by atoms with Crippen LogP contribution in [0.4, 0.5) is 0 Å². The summed E-state index contributed by atoms with van der Waals surface area (Å²) in [5.41, 5.74) is 0.512. The maximum atomic E-state index is 3.40. The van der Waals surface area contributed by atoms with Gasteiger partial charge in [0, 0.05) is 0 Å². The maximum absolute atomic E-state index is 3.40. The van der Waals surface area contributed by atoms with Crippen LogP contribution in [0.5, 0.6) is 0 Å². The zero-order chi connectivity index (χ0) is 14.1. The molecule has 1 aliphatic rings. The Labute approximate surface area is 121 Å². The topological polar surface area (TPSA) is 15.3 Å². The first-order valence-electron chi connectivity index (χ1n) is 8.47. The van der Waals surface area contributed by atoms with Gasteiger partial charge >= 0.3 is 0 Å². The van der Waals surface area contributed by atoms with Gasteiger partial charge in [0.25, 0.3) is 0 Å². The van der Waals surface area contributed by atoms with Crippen LogP contribution in [0.1, 0.15) is 66.2 Å². The fraction of sp³-hybridized carbons (Fsp3) is 1.00. The van der Waals surface area contributed by atoms with Crippen molar-refractivity contribution in [1.82, 2.24) is 10.2 Å². The van der Waals surface area contributed by atoms with Crippen molar-refractivity contribution in [3.05, 3.63) is 0 Å². The number of hydrogen-bond acceptors (Lipinski definition) is 2. The standard InChI is InChI=1S/C17H36N2/c1-5-18-12-8-6-7-9-13-19-14-10-16(11-15-19)17(2,3)4/h16,18H,5-15H2,1-4H3. The van der Waals surface area contributed by atoms with Gasteiger partial charge in [-0.25, -0.2) is 0 Å². The second-order valence-electron chi connectivity index (χ2n) is 7.25. The van der Waals surface area contributed by atoms with Gasteiger partial charge in [0.05, 0.1) is 0 Å². The van der Waals surface area contributed by atoms with E-state index in [0.717, 1.165) is 12.5 Å². The van der Waals surface area contributed by atoms with Gasteiger partial charge < -0.3 is 10.2 Å². The molecule has 0 saturated carbocycles. The van der Waals surface area contributed by atoms with Gasteiger partial charge in [0.15, 0.2) is 0 Å². The largest absolute Gasteiger partial charge is 0.317 e. The van der Waals surface area contributed by atoms with Crippen molar-refractivity contribution in [2.24, 2.45) is 11.3 Å². The summed E-state index contributed by atoms with van der Waals surface area (Å²) in [6.07, 6.45) is 8.36. The summed E-state index contributed by atoms with van der Waals surface area (Å²) >= 11 is 0. The predicted molar refractivity (Wildman–Crippen MR) is 85.6 cm³/mol. The number of piperidine rings is 1. The van der Waals surface area contributed by atoms with Gasteiger partial charge in [-0.05, 0) is 69.7 Å². The van der Waals surface area contributed by atoms with E-state index < -0.39 is 0 Å². The molecule has 1 saturated heterocycles. The Kier molecular flexibility index (Phi) is 8.01. The SMILES string of the molecule is CCNCCCCCCN1CCC(C(C)(C)C)CC1. The van der Waals surface area contributed by atoms with E-state index in [4.69, 9.17) is 0 Å². The van der Waals surface area contributed by atoms with Crippen LogP contribution in [0.2, 0.25) is 0 Å². The van der Waals surface area contributed by atoms with Crippen LogP contribution < -0.4 is 5.32 Å². The molecule has 0 aromatic rings. The molecule has 1 rings (SSSR count). The molecule has 19 heavy (non-hydrogen) atoms. The van der Waals surface area contributed by atoms with Crippen molar-refractivity contribution in [3.8, 4) is 0 Å². The Balaban J connectivity index is 1.98. The molecule has 1 aliphatic heterocycles. The Hall–Kier alpha value is -0.0800. The minimum atomic E-state index is 0.512. The molecule has 1 heterocycles. The highest BCUT2D eigenvalue weighted by Crippen LogP contribution is 2.34. The van der Waals surface area contributed by atoms with Crippen LogP contribution in [0.3, 0.4) is 0 Å². The van der Waals surface area contributed by atoms with Crippen molar-refractivity contribution in [1.29, 1.82) is 0 Å². The lowest BCUT2D eigenvalue weighted by Crippen LogP contribution is -2.38. The quantitative estimate of drug-likeness (QED) is 0.671. The Bertz CT molecular complexity index is 212. The van der Waals surface area contributed by atoms with Crippen molar-refractivity contribution in [3.63, 3.8) is 0 Å². The second kappa shape index (κ2) is 8.97. The van der Waals surface area contributed by atoms with E-state index in [-0.39, 0.29) is 0 Å². The molecule has 0 amide bonds. The van der Waals surface area contributed by atoms with E-state index in [1.54, 1.807) is 0 Å². The lowest BCUT2D eigenvalue weighted by Gasteiger charge is -2.38. The van der Waals surface area contributed by atoms with E-state index in [0.29, 0.717) is 5.41 Å². The molecular formula is C17H36N2. The summed E-state index contributed by atoms with van der Waals surface area (Å²) < 4.78 is 0. The summed E-state index contributed by atoms with van der Waals surface area (Å²) in [6, 6.07) is 0. The summed E-state index contributed by atoms with van der Waals surface area (Å²) in [5.74, 6) is 0.934. The Morgan fingerprint density at radius 2 is 1.63 bits per heavy atom. The van der Waals surface area contributed by atoms with Gasteiger partial charge in [-0.15, -0.1) is 0 Å². The molecule has 0 spiro atoms. The van der Waals surface area contributed by atoms with Crippen LogP contribution in [0.15, 0.2) is 0 Å². The molecule has 2 heteroatoms. The molecule has 0 aliphatic carbocycles. The normalized spacial score (nSPS) is 18.9. The van der Waals surface area contributed by atoms with Gasteiger partial charge in [-0.2, -0.15) is 0 Å². The van der Waals surface area contributed by atoms with E-state index >= 15 is 0 Å². The number of likely N-dealkylation sites (tertiary alicyclic amines) is 1. The monoisotopic (exact) mass is 268 g/mol. The van der Waals surface area contributed by atoms with E-state index in [1.807, 2.05) is 0 Å². The molecule has 0 bridgehead atoms. The third-order valence-corrected chi connectivity index (χ3v) is 4.64. The number of nitrogens with one attached hydrogen (secondary N) is 1. The molecule has 0 aromatic heterocycles. The van der Waals surface area contributed by atoms with Crippen LogP contribution in [-0.4, -0.2) is 37.6 Å². The van der Waals surface area contributed by atoms with Crippen molar-refractivity contribution in [2.45, 2.75) is 66.2 Å². The van der Waals surface area contributed by atoms with Crippen molar-refractivity contribution in [2.75, 3.05) is 32.7 Å². The molecule has 2 nitrogen and oxygen atoms in total. The maximum Gasteiger partial charge on any atom is -0.00159 e. The second-order valence-corrected chi connectivity index (χ2v) is 7.25. The zero-order valence-electron chi connectivity index (χ0n) is 13.8. The highest BCUT2D eigenvalue weighted by Gasteiger charge is 2.28. The van der Waals surface area contributed by atoms with Crippen LogP contribution in [0, 0.1) is 11.3 Å². The zero-order valence-corrected chi connectivity index (χ0v) is 13.8. The number of hydrogen-bond donors (Lipinski definition) is 1. The fourth-order valence-electron chi connectivity index (χ4n) is 3.14. The first-order chi connectivity index (χ1) is 9.04. The smallest absolute Gasteiger partial charge is 0.00159 e. The Morgan fingerprint density at radius 1 is 1.00 bits per heavy atom. The first kappa shape index (κ1) is 17.0. The molecule has 114 valence electrons. The van der Waals surface area contributed by atoms with Crippen molar-refractivity contribution < 1.29 is 0 Å². The van der Waals surface area contributed by atoms with Crippen LogP contribution >= 0.6 is 0 Å². The van der Waals surface area contributed by atoms with Gasteiger partial charge in [-0.3, -0.25) is 0 Å². The fourth-order valence-corrected chi connectivity index (χ4v) is 3.14. The lowest BCUT2D eigenvalue weighted by molar-refractivity contribution is 0.111. The van der Waals surface area contributed by atoms with Gasteiger partial charge in [-0.1, -0.05) is 40.5 Å². The molecule has 0 atom stereocenters. The average molecular weight is 268 g/mol. The molecule has 1 N–H and O–H groups in total. The predicted octanol–water partition coefficient (Wildman–Crippen LogP) is 3.91. The van der Waals surface area contributed by atoms with E-state index in [1.165, 1.54) is 64.7 Å². The summed E-state index contributed by atoms with van der Waals surface area (Å²) in [6.45, 7) is 15.7. The molecule has 0 unspecified atom stereocenters. The van der Waals surface area contributed by atoms with E-state index in [2.05, 4.69) is 37.9 Å². The number of rotatable bonds is 8. The van der Waals surface area contributed by atoms with Crippen molar-refractivity contribution >= 4 is 0 Å². The van der Waals surface area contributed by atoms with Crippen LogP contribution in [-0.2, 0) is 0 Å². The highest BCUT2D eigenvalue weighted by molar-refractivity contribution is 4.80. The third-order valence-electron chi connectivity index (χ3n) is 4.64. The first-order valence-corrected chi connectivity index (χ1v) is 8.47. The summed E-state index contributed by atoms with van der Waals surface area (Å²) in [7, 11) is 0. The molecular weight excluding hydrogens is 232 g/mol. The minimum absolute atomic E-state index is 0.512. The van der Waals surface area contributed by atoms with Gasteiger partial charge in [0.1, 0.15) is 0 Å². The highest BCUT2D eigenvalue weighted by atomic mass is 15.1. The van der Waals surface area contributed by atoms with E-state index in [9.17, 15) is 0 Å². The number of unbranched alkanes of at least 4 members (excludes halogenated alkanes) is 3. The van der Waals surface area contributed by atoms with Gasteiger partial charge in [0.2, 0.25) is 0 Å². The Morgan fingerprint density at radius 3 is 2.21 bits per heavy atom. The minimum Gasteiger partial charge on any atom is -0.317 e. The molecule has 0 radical (unpaired) electrons. The summed E-state index contributed by atoms with van der Waals surface area (Å²) in [5, 5.41) is 3.40. The third kappa shape index (κ3) is 7.31. The summed E-state index contributed by atoms with van der Waals surface area (Å²) in [4.78, 5) is 2.69. The average Bonchev–Trinajstić information content (AvgIpc) is 2.37. The van der Waals surface area contributed by atoms with Crippen LogP contribution in [0.25, 0.3) is 0 Å². The lowest BCUT2D eigenvalue weighted by atomic mass is 9.75. The number of nitrogens with zero attached hydrogens (tertiary/aromatic N) is 1. The molecule has 0 aromatic carbocycles.